The predicted octanol–water partition coefficient (Wildman–Crippen LogP) is 3.90. The Morgan fingerprint density at radius 2 is 1.88 bits per heavy atom. The number of hydrogen-bond donors (Lipinski definition) is 0. The average Bonchev–Trinajstić information content (AvgIpc) is 2.89. The zero-order chi connectivity index (χ0) is 18.4. The number of nitrogens with zero attached hydrogens (tertiary/aromatic N) is 2. The lowest BCUT2D eigenvalue weighted by molar-refractivity contribution is -0.136. The number of amides is 1. The van der Waals surface area contributed by atoms with Crippen LogP contribution in [0.25, 0.3) is 0 Å². The lowest BCUT2D eigenvalue weighted by Crippen LogP contribution is -2.37. The Hall–Kier alpha value is -2.04. The Labute approximate surface area is 160 Å². The molecule has 0 aliphatic carbocycles. The van der Waals surface area contributed by atoms with Gasteiger partial charge in [-0.05, 0) is 36.6 Å². The maximum absolute atomic E-state index is 12.5. The molecule has 0 radical (unpaired) electrons. The summed E-state index contributed by atoms with van der Waals surface area (Å²) < 4.78 is 5.59. The van der Waals surface area contributed by atoms with Gasteiger partial charge in [-0.25, -0.2) is 0 Å². The van der Waals surface area contributed by atoms with Crippen molar-refractivity contribution in [1.29, 1.82) is 0 Å². The van der Waals surface area contributed by atoms with Gasteiger partial charge in [0.1, 0.15) is 6.61 Å². The molecule has 1 aliphatic rings. The summed E-state index contributed by atoms with van der Waals surface area (Å²) in [5.74, 6) is 0.0535. The minimum absolute atomic E-state index is 0.0535. The molecule has 1 aliphatic heterocycles. The van der Waals surface area contributed by atoms with E-state index >= 15 is 0 Å². The van der Waals surface area contributed by atoms with Crippen LogP contribution in [-0.4, -0.2) is 43.6 Å². The number of halogens is 1. The van der Waals surface area contributed by atoms with Gasteiger partial charge in [0.15, 0.2) is 0 Å². The van der Waals surface area contributed by atoms with Crippen LogP contribution < -0.4 is 4.90 Å². The molecule has 0 aromatic heterocycles. The number of anilines is 1. The quantitative estimate of drug-likeness (QED) is 0.797. The van der Waals surface area contributed by atoms with Gasteiger partial charge >= 0.3 is 0 Å². The zero-order valence-corrected chi connectivity index (χ0v) is 15.9. The molecule has 0 unspecified atom stereocenters. The Morgan fingerprint density at radius 3 is 2.65 bits per heavy atom. The molecule has 0 N–H and O–H groups in total. The number of ether oxygens (including phenoxy) is 1. The van der Waals surface area contributed by atoms with E-state index in [1.165, 1.54) is 0 Å². The van der Waals surface area contributed by atoms with Crippen LogP contribution in [0.1, 0.15) is 17.5 Å². The SMILES string of the molecule is Cc1ccc(N2CCCN(C(=O)COCc3ccccc3)CC2)c(Cl)c1. The molecule has 4 nitrogen and oxygen atoms in total. The third-order valence-corrected chi connectivity index (χ3v) is 4.93. The Balaban J connectivity index is 1.50. The first-order chi connectivity index (χ1) is 12.6. The molecular formula is C21H25ClN2O2. The van der Waals surface area contributed by atoms with E-state index in [1.807, 2.05) is 48.2 Å². The summed E-state index contributed by atoms with van der Waals surface area (Å²) in [5.41, 5.74) is 3.28. The van der Waals surface area contributed by atoms with E-state index in [0.717, 1.165) is 47.9 Å². The first-order valence-corrected chi connectivity index (χ1v) is 9.42. The van der Waals surface area contributed by atoms with E-state index in [9.17, 15) is 4.79 Å². The molecule has 2 aromatic rings. The zero-order valence-electron chi connectivity index (χ0n) is 15.2. The Bertz CT molecular complexity index is 736. The predicted molar refractivity (Wildman–Crippen MR) is 106 cm³/mol. The lowest BCUT2D eigenvalue weighted by atomic mass is 10.2. The molecule has 0 bridgehead atoms. The highest BCUT2D eigenvalue weighted by molar-refractivity contribution is 6.33. The third kappa shape index (κ3) is 4.99. The molecule has 0 saturated carbocycles. The van der Waals surface area contributed by atoms with Gasteiger partial charge in [0.2, 0.25) is 5.91 Å². The van der Waals surface area contributed by atoms with E-state index in [0.29, 0.717) is 13.2 Å². The lowest BCUT2D eigenvalue weighted by Gasteiger charge is -2.24. The largest absolute Gasteiger partial charge is 0.368 e. The van der Waals surface area contributed by atoms with Crippen LogP contribution in [0, 0.1) is 6.92 Å². The van der Waals surface area contributed by atoms with Crippen molar-refractivity contribution in [2.45, 2.75) is 20.0 Å². The second kappa shape index (κ2) is 9.06. The molecule has 1 amide bonds. The van der Waals surface area contributed by atoms with Crippen molar-refractivity contribution in [2.75, 3.05) is 37.7 Å². The molecule has 3 rings (SSSR count). The number of rotatable bonds is 5. The van der Waals surface area contributed by atoms with E-state index in [2.05, 4.69) is 17.0 Å². The van der Waals surface area contributed by atoms with Crippen molar-refractivity contribution in [1.82, 2.24) is 4.90 Å². The van der Waals surface area contributed by atoms with Crippen LogP contribution in [-0.2, 0) is 16.1 Å². The monoisotopic (exact) mass is 372 g/mol. The molecule has 1 saturated heterocycles. The van der Waals surface area contributed by atoms with Gasteiger partial charge in [0, 0.05) is 26.2 Å². The van der Waals surface area contributed by atoms with E-state index < -0.39 is 0 Å². The summed E-state index contributed by atoms with van der Waals surface area (Å²) in [6, 6.07) is 16.0. The van der Waals surface area contributed by atoms with Gasteiger partial charge in [-0.15, -0.1) is 0 Å². The van der Waals surface area contributed by atoms with Gasteiger partial charge in [0.25, 0.3) is 0 Å². The van der Waals surface area contributed by atoms with E-state index in [1.54, 1.807) is 0 Å². The van der Waals surface area contributed by atoms with Crippen LogP contribution in [0.4, 0.5) is 5.69 Å². The smallest absolute Gasteiger partial charge is 0.248 e. The number of benzene rings is 2. The highest BCUT2D eigenvalue weighted by Crippen LogP contribution is 2.27. The number of aryl methyl sites for hydroxylation is 1. The van der Waals surface area contributed by atoms with E-state index in [-0.39, 0.29) is 12.5 Å². The summed E-state index contributed by atoms with van der Waals surface area (Å²) >= 11 is 6.40. The molecule has 26 heavy (non-hydrogen) atoms. The summed E-state index contributed by atoms with van der Waals surface area (Å²) in [5, 5.41) is 0.774. The van der Waals surface area contributed by atoms with Gasteiger partial charge in [-0.2, -0.15) is 0 Å². The maximum atomic E-state index is 12.5. The average molecular weight is 373 g/mol. The van der Waals surface area contributed by atoms with Crippen LogP contribution in [0.15, 0.2) is 48.5 Å². The first-order valence-electron chi connectivity index (χ1n) is 9.04. The molecule has 0 atom stereocenters. The summed E-state index contributed by atoms with van der Waals surface area (Å²) in [4.78, 5) is 16.6. The van der Waals surface area contributed by atoms with Crippen LogP contribution in [0.2, 0.25) is 5.02 Å². The highest BCUT2D eigenvalue weighted by atomic mass is 35.5. The molecule has 5 heteroatoms. The van der Waals surface area contributed by atoms with Crippen LogP contribution in [0.3, 0.4) is 0 Å². The van der Waals surface area contributed by atoms with E-state index in [4.69, 9.17) is 16.3 Å². The number of carbonyl (C=O) groups is 1. The standard InChI is InChI=1S/C21H25ClN2O2/c1-17-8-9-20(19(22)14-17)23-10-5-11-24(13-12-23)21(25)16-26-15-18-6-3-2-4-7-18/h2-4,6-9,14H,5,10-13,15-16H2,1H3. The fourth-order valence-electron chi connectivity index (χ4n) is 3.20. The van der Waals surface area contributed by atoms with Crippen molar-refractivity contribution in [2.24, 2.45) is 0 Å². The van der Waals surface area contributed by atoms with Crippen molar-refractivity contribution in [3.8, 4) is 0 Å². The van der Waals surface area contributed by atoms with Crippen molar-refractivity contribution in [3.63, 3.8) is 0 Å². The van der Waals surface area contributed by atoms with Gasteiger partial charge in [0.05, 0.1) is 17.3 Å². The van der Waals surface area contributed by atoms with Crippen molar-refractivity contribution >= 4 is 23.2 Å². The number of carbonyl (C=O) groups excluding carboxylic acids is 1. The van der Waals surface area contributed by atoms with Gasteiger partial charge in [-0.1, -0.05) is 48.0 Å². The summed E-state index contributed by atoms with van der Waals surface area (Å²) in [7, 11) is 0. The minimum Gasteiger partial charge on any atom is -0.368 e. The first kappa shape index (κ1) is 18.7. The third-order valence-electron chi connectivity index (χ3n) is 4.63. The molecule has 1 fully saturated rings. The normalized spacial score (nSPS) is 15.0. The van der Waals surface area contributed by atoms with Crippen molar-refractivity contribution in [3.05, 3.63) is 64.7 Å². The number of hydrogen-bond acceptors (Lipinski definition) is 3. The molecule has 0 spiro atoms. The second-order valence-electron chi connectivity index (χ2n) is 6.65. The highest BCUT2D eigenvalue weighted by Gasteiger charge is 2.20. The van der Waals surface area contributed by atoms with Gasteiger partial charge in [-0.3, -0.25) is 4.79 Å². The molecular weight excluding hydrogens is 348 g/mol. The fourth-order valence-corrected chi connectivity index (χ4v) is 3.55. The Kier molecular flexibility index (Phi) is 6.53. The topological polar surface area (TPSA) is 32.8 Å². The fraction of sp³-hybridized carbons (Fsp3) is 0.381. The molecule has 138 valence electrons. The second-order valence-corrected chi connectivity index (χ2v) is 7.06. The minimum atomic E-state index is 0.0535. The summed E-state index contributed by atoms with van der Waals surface area (Å²) in [6.45, 7) is 5.76. The summed E-state index contributed by atoms with van der Waals surface area (Å²) in [6.07, 6.45) is 0.925. The maximum Gasteiger partial charge on any atom is 0.248 e. The van der Waals surface area contributed by atoms with Crippen LogP contribution >= 0.6 is 11.6 Å². The Morgan fingerprint density at radius 1 is 1.08 bits per heavy atom. The van der Waals surface area contributed by atoms with Gasteiger partial charge < -0.3 is 14.5 Å². The van der Waals surface area contributed by atoms with Crippen LogP contribution in [0.5, 0.6) is 0 Å². The molecule has 2 aromatic carbocycles. The molecule has 1 heterocycles. The van der Waals surface area contributed by atoms with Crippen molar-refractivity contribution < 1.29 is 9.53 Å².